The molecule has 1 aliphatic rings. The molecule has 102 valence electrons. The Morgan fingerprint density at radius 3 is 2.74 bits per heavy atom. The molecule has 1 saturated heterocycles. The third kappa shape index (κ3) is 2.53. The van der Waals surface area contributed by atoms with Crippen LogP contribution in [-0.4, -0.2) is 29.7 Å². The Morgan fingerprint density at radius 1 is 1.21 bits per heavy atom. The molecule has 0 bridgehead atoms. The van der Waals surface area contributed by atoms with Crippen molar-refractivity contribution in [3.05, 3.63) is 35.5 Å². The molecule has 2 heterocycles. The molecule has 1 fully saturated rings. The fourth-order valence-corrected chi connectivity index (χ4v) is 3.36. The molecule has 3 nitrogen and oxygen atoms in total. The number of quaternary nitrogens is 1. The second kappa shape index (κ2) is 5.35. The van der Waals surface area contributed by atoms with Crippen molar-refractivity contribution in [2.24, 2.45) is 0 Å². The minimum Gasteiger partial charge on any atom is -0.382 e. The average molecular weight is 259 g/mol. The number of benzene rings is 1. The van der Waals surface area contributed by atoms with Crippen LogP contribution < -0.4 is 4.90 Å². The van der Waals surface area contributed by atoms with Crippen LogP contribution in [0.2, 0.25) is 0 Å². The Morgan fingerprint density at radius 2 is 1.95 bits per heavy atom. The van der Waals surface area contributed by atoms with Gasteiger partial charge in [0, 0.05) is 22.2 Å². The van der Waals surface area contributed by atoms with Crippen molar-refractivity contribution in [2.75, 3.05) is 19.6 Å². The number of aromatic nitrogens is 1. The molecule has 3 heteroatoms. The number of aliphatic hydroxyl groups excluding tert-OH is 1. The molecule has 2 aromatic rings. The van der Waals surface area contributed by atoms with E-state index in [9.17, 15) is 5.11 Å². The van der Waals surface area contributed by atoms with Gasteiger partial charge in [-0.15, -0.1) is 0 Å². The molecule has 1 aliphatic heterocycles. The van der Waals surface area contributed by atoms with Gasteiger partial charge in [-0.1, -0.05) is 18.2 Å². The molecular formula is C16H23N2O+. The number of aromatic amines is 1. The number of fused-ring (bicyclic) bond motifs is 1. The molecular weight excluding hydrogens is 236 g/mol. The third-order valence-corrected chi connectivity index (χ3v) is 4.32. The van der Waals surface area contributed by atoms with Crippen LogP contribution in [0.4, 0.5) is 0 Å². The molecule has 1 atom stereocenters. The summed E-state index contributed by atoms with van der Waals surface area (Å²) in [6.07, 6.45) is 3.60. The van der Waals surface area contributed by atoms with Crippen LogP contribution in [0.1, 0.15) is 36.6 Å². The predicted octanol–water partition coefficient (Wildman–Crippen LogP) is 1.58. The second-order valence-electron chi connectivity index (χ2n) is 5.74. The van der Waals surface area contributed by atoms with Crippen molar-refractivity contribution < 1.29 is 10.0 Å². The van der Waals surface area contributed by atoms with Crippen LogP contribution in [0.3, 0.4) is 0 Å². The molecule has 1 aromatic heterocycles. The standard InChI is InChI=1S/C16H22N2O/c1-12-16(13-7-3-4-8-14(13)17-12)15(19)11-18-9-5-2-6-10-18/h3-4,7-8,15,17,19H,2,5-6,9-11H2,1H3/p+1/t15-/m0/s1. The lowest BCUT2D eigenvalue weighted by Crippen LogP contribution is -3.13. The number of hydrogen-bond acceptors (Lipinski definition) is 1. The van der Waals surface area contributed by atoms with E-state index >= 15 is 0 Å². The summed E-state index contributed by atoms with van der Waals surface area (Å²) in [5.41, 5.74) is 3.32. The topological polar surface area (TPSA) is 40.5 Å². The van der Waals surface area contributed by atoms with Gasteiger partial charge in [0.25, 0.3) is 0 Å². The van der Waals surface area contributed by atoms with Gasteiger partial charge in [0.05, 0.1) is 13.1 Å². The van der Waals surface area contributed by atoms with Gasteiger partial charge < -0.3 is 15.0 Å². The van der Waals surface area contributed by atoms with E-state index in [-0.39, 0.29) is 6.10 Å². The van der Waals surface area contributed by atoms with Crippen molar-refractivity contribution in [3.8, 4) is 0 Å². The maximum atomic E-state index is 10.6. The Labute approximate surface area is 114 Å². The van der Waals surface area contributed by atoms with Crippen molar-refractivity contribution in [1.82, 2.24) is 4.98 Å². The third-order valence-electron chi connectivity index (χ3n) is 4.32. The summed E-state index contributed by atoms with van der Waals surface area (Å²) in [5, 5.41) is 11.8. The number of H-pyrrole nitrogens is 1. The monoisotopic (exact) mass is 259 g/mol. The molecule has 3 rings (SSSR count). The number of rotatable bonds is 3. The molecule has 0 spiro atoms. The Balaban J connectivity index is 1.84. The fourth-order valence-electron chi connectivity index (χ4n) is 3.36. The number of nitrogens with one attached hydrogen (secondary N) is 2. The molecule has 0 radical (unpaired) electrons. The quantitative estimate of drug-likeness (QED) is 0.769. The number of likely N-dealkylation sites (tertiary alicyclic amines) is 1. The van der Waals surface area contributed by atoms with E-state index in [0.717, 1.165) is 23.3 Å². The van der Waals surface area contributed by atoms with E-state index in [1.54, 1.807) is 4.90 Å². The van der Waals surface area contributed by atoms with Crippen molar-refractivity contribution in [2.45, 2.75) is 32.3 Å². The first-order valence-corrected chi connectivity index (χ1v) is 7.34. The van der Waals surface area contributed by atoms with Gasteiger partial charge in [0.2, 0.25) is 0 Å². The van der Waals surface area contributed by atoms with Gasteiger partial charge in [-0.25, -0.2) is 0 Å². The molecule has 19 heavy (non-hydrogen) atoms. The zero-order valence-electron chi connectivity index (χ0n) is 11.6. The predicted molar refractivity (Wildman–Crippen MR) is 77.4 cm³/mol. The highest BCUT2D eigenvalue weighted by Gasteiger charge is 2.22. The number of aliphatic hydroxyl groups is 1. The summed E-state index contributed by atoms with van der Waals surface area (Å²) >= 11 is 0. The number of piperidine rings is 1. The highest BCUT2D eigenvalue weighted by molar-refractivity contribution is 5.84. The largest absolute Gasteiger partial charge is 0.382 e. The maximum absolute atomic E-state index is 10.6. The van der Waals surface area contributed by atoms with Gasteiger partial charge >= 0.3 is 0 Å². The maximum Gasteiger partial charge on any atom is 0.130 e. The Hall–Kier alpha value is -1.32. The van der Waals surface area contributed by atoms with Gasteiger partial charge in [-0.2, -0.15) is 0 Å². The van der Waals surface area contributed by atoms with Crippen LogP contribution in [0.15, 0.2) is 24.3 Å². The molecule has 0 amide bonds. The lowest BCUT2D eigenvalue weighted by atomic mass is 10.0. The number of aryl methyl sites for hydroxylation is 1. The molecule has 3 N–H and O–H groups in total. The minimum atomic E-state index is -0.357. The Kier molecular flexibility index (Phi) is 3.58. The van der Waals surface area contributed by atoms with Crippen LogP contribution in [-0.2, 0) is 0 Å². The summed E-state index contributed by atoms with van der Waals surface area (Å²) < 4.78 is 0. The minimum absolute atomic E-state index is 0.357. The molecule has 1 aromatic carbocycles. The van der Waals surface area contributed by atoms with Crippen LogP contribution in [0.5, 0.6) is 0 Å². The van der Waals surface area contributed by atoms with Crippen molar-refractivity contribution >= 4 is 10.9 Å². The van der Waals surface area contributed by atoms with E-state index in [2.05, 4.69) is 24.0 Å². The summed E-state index contributed by atoms with van der Waals surface area (Å²) in [6.45, 7) is 5.31. The van der Waals surface area contributed by atoms with E-state index < -0.39 is 0 Å². The van der Waals surface area contributed by atoms with Gasteiger partial charge in [-0.05, 0) is 32.3 Å². The number of hydrogen-bond donors (Lipinski definition) is 3. The lowest BCUT2D eigenvalue weighted by Gasteiger charge is -2.25. The van der Waals surface area contributed by atoms with E-state index in [1.165, 1.54) is 37.7 Å². The lowest BCUT2D eigenvalue weighted by molar-refractivity contribution is -0.908. The summed E-state index contributed by atoms with van der Waals surface area (Å²) in [7, 11) is 0. The first-order valence-electron chi connectivity index (χ1n) is 7.34. The molecule has 0 aliphatic carbocycles. The summed E-state index contributed by atoms with van der Waals surface area (Å²) in [4.78, 5) is 4.92. The van der Waals surface area contributed by atoms with E-state index in [0.29, 0.717) is 0 Å². The average Bonchev–Trinajstić information content (AvgIpc) is 2.75. The van der Waals surface area contributed by atoms with Gasteiger partial charge in [-0.3, -0.25) is 0 Å². The SMILES string of the molecule is Cc1[nH]c2ccccc2c1[C@@H](O)C[NH+]1CCCCC1. The number of para-hydroxylation sites is 1. The van der Waals surface area contributed by atoms with Gasteiger partial charge in [0.1, 0.15) is 12.6 Å². The zero-order chi connectivity index (χ0) is 13.2. The molecule has 0 saturated carbocycles. The summed E-state index contributed by atoms with van der Waals surface area (Å²) in [6, 6.07) is 8.25. The van der Waals surface area contributed by atoms with Crippen molar-refractivity contribution in [1.29, 1.82) is 0 Å². The van der Waals surface area contributed by atoms with Crippen LogP contribution in [0.25, 0.3) is 10.9 Å². The Bertz CT molecular complexity index is 555. The highest BCUT2D eigenvalue weighted by Crippen LogP contribution is 2.27. The molecule has 0 unspecified atom stereocenters. The van der Waals surface area contributed by atoms with E-state index in [1.807, 2.05) is 12.1 Å². The van der Waals surface area contributed by atoms with Gasteiger partial charge in [0.15, 0.2) is 0 Å². The summed E-state index contributed by atoms with van der Waals surface area (Å²) in [5.74, 6) is 0. The fraction of sp³-hybridized carbons (Fsp3) is 0.500. The van der Waals surface area contributed by atoms with Crippen molar-refractivity contribution in [3.63, 3.8) is 0 Å². The normalized spacial score (nSPS) is 18.8. The highest BCUT2D eigenvalue weighted by atomic mass is 16.3. The second-order valence-corrected chi connectivity index (χ2v) is 5.74. The van der Waals surface area contributed by atoms with E-state index in [4.69, 9.17) is 0 Å². The van der Waals surface area contributed by atoms with Crippen LogP contribution in [0, 0.1) is 6.92 Å². The van der Waals surface area contributed by atoms with Crippen LogP contribution >= 0.6 is 0 Å². The first kappa shape index (κ1) is 12.7. The smallest absolute Gasteiger partial charge is 0.130 e. The first-order chi connectivity index (χ1) is 9.25. The zero-order valence-corrected chi connectivity index (χ0v) is 11.6.